The maximum Gasteiger partial charge on any atom is 0.169 e. The van der Waals surface area contributed by atoms with E-state index in [1.54, 1.807) is 0 Å². The molecule has 3 nitrogen and oxygen atoms in total. The molecule has 0 radical (unpaired) electrons. The zero-order valence-corrected chi connectivity index (χ0v) is 9.37. The Morgan fingerprint density at radius 2 is 2.00 bits per heavy atom. The van der Waals surface area contributed by atoms with Gasteiger partial charge in [0.05, 0.1) is 12.7 Å². The van der Waals surface area contributed by atoms with Crippen molar-refractivity contribution < 1.29 is 18.3 Å². The molecule has 1 aliphatic rings. The molecule has 0 amide bonds. The first-order valence-electron chi connectivity index (χ1n) is 5.35. The number of methoxy groups -OCH3 is 1. The average molecular weight is 241 g/mol. The third-order valence-electron chi connectivity index (χ3n) is 3.05. The Hall–Kier alpha value is -1.49. The number of benzene rings is 1. The minimum atomic E-state index is -0.756. The zero-order valence-electron chi connectivity index (χ0n) is 9.37. The summed E-state index contributed by atoms with van der Waals surface area (Å²) in [4.78, 5) is 11.8. The van der Waals surface area contributed by atoms with Crippen molar-refractivity contribution >= 4 is 5.78 Å². The molecule has 0 heterocycles. The molecular formula is C12H13F2NO2. The van der Waals surface area contributed by atoms with Crippen molar-refractivity contribution in [2.75, 3.05) is 7.11 Å². The van der Waals surface area contributed by atoms with E-state index in [-0.39, 0.29) is 29.1 Å². The molecule has 0 spiro atoms. The molecule has 1 fully saturated rings. The van der Waals surface area contributed by atoms with E-state index in [4.69, 9.17) is 5.73 Å². The van der Waals surface area contributed by atoms with Gasteiger partial charge in [-0.05, 0) is 18.9 Å². The molecule has 0 saturated heterocycles. The lowest BCUT2D eigenvalue weighted by Crippen LogP contribution is -2.40. The summed E-state index contributed by atoms with van der Waals surface area (Å²) in [6, 6.07) is 1.77. The van der Waals surface area contributed by atoms with E-state index < -0.39 is 11.6 Å². The third kappa shape index (κ3) is 2.15. The van der Waals surface area contributed by atoms with Crippen LogP contribution in [-0.2, 0) is 0 Å². The lowest BCUT2D eigenvalue weighted by molar-refractivity contribution is 0.0827. The van der Waals surface area contributed by atoms with Crippen LogP contribution in [0.2, 0.25) is 0 Å². The lowest BCUT2D eigenvalue weighted by atomic mass is 9.76. The first-order valence-corrected chi connectivity index (χ1v) is 5.35. The van der Waals surface area contributed by atoms with Gasteiger partial charge in [0.15, 0.2) is 17.3 Å². The Morgan fingerprint density at radius 1 is 1.35 bits per heavy atom. The predicted molar refractivity (Wildman–Crippen MR) is 57.9 cm³/mol. The number of rotatable bonds is 3. The standard InChI is InChI=1S/C12H13F2NO2/c1-17-11-5-9(13)8(4-10(11)14)12(16)6-2-7(15)3-6/h4-7H,2-3,15H2,1H3. The predicted octanol–water partition coefficient (Wildman–Crippen LogP) is 1.89. The number of carbonyl (C=O) groups excluding carboxylic acids is 1. The second-order valence-electron chi connectivity index (χ2n) is 4.26. The second kappa shape index (κ2) is 4.41. The summed E-state index contributed by atoms with van der Waals surface area (Å²) in [6.45, 7) is 0. The molecular weight excluding hydrogens is 228 g/mol. The zero-order chi connectivity index (χ0) is 12.6. The van der Waals surface area contributed by atoms with Gasteiger partial charge in [-0.25, -0.2) is 8.78 Å². The number of ether oxygens (including phenoxy) is 1. The summed E-state index contributed by atoms with van der Waals surface area (Å²) in [5.74, 6) is -2.36. The monoisotopic (exact) mass is 241 g/mol. The summed E-state index contributed by atoms with van der Waals surface area (Å²) >= 11 is 0. The number of carbonyl (C=O) groups is 1. The molecule has 1 aliphatic carbocycles. The molecule has 5 heteroatoms. The van der Waals surface area contributed by atoms with Crippen molar-refractivity contribution in [3.8, 4) is 5.75 Å². The second-order valence-corrected chi connectivity index (χ2v) is 4.26. The van der Waals surface area contributed by atoms with Gasteiger partial charge < -0.3 is 10.5 Å². The fraction of sp³-hybridized carbons (Fsp3) is 0.417. The van der Waals surface area contributed by atoms with E-state index in [2.05, 4.69) is 4.74 Å². The number of hydrogen-bond acceptors (Lipinski definition) is 3. The Labute approximate surface area is 97.6 Å². The summed E-state index contributed by atoms with van der Waals surface area (Å²) in [6.07, 6.45) is 1.07. The van der Waals surface area contributed by atoms with Gasteiger partial charge in [0.2, 0.25) is 0 Å². The van der Waals surface area contributed by atoms with Crippen LogP contribution < -0.4 is 10.5 Å². The van der Waals surface area contributed by atoms with Gasteiger partial charge in [-0.3, -0.25) is 4.79 Å². The number of hydrogen-bond donors (Lipinski definition) is 1. The molecule has 17 heavy (non-hydrogen) atoms. The highest BCUT2D eigenvalue weighted by Crippen LogP contribution is 2.31. The average Bonchev–Trinajstić information content (AvgIpc) is 2.26. The maximum absolute atomic E-state index is 13.6. The van der Waals surface area contributed by atoms with Crippen LogP contribution in [0, 0.1) is 17.6 Å². The largest absolute Gasteiger partial charge is 0.494 e. The van der Waals surface area contributed by atoms with Crippen LogP contribution in [0.1, 0.15) is 23.2 Å². The maximum atomic E-state index is 13.6. The summed E-state index contributed by atoms with van der Waals surface area (Å²) < 4.78 is 31.6. The van der Waals surface area contributed by atoms with Gasteiger partial charge in [0.25, 0.3) is 0 Å². The Kier molecular flexibility index (Phi) is 3.11. The summed E-state index contributed by atoms with van der Waals surface area (Å²) in [5.41, 5.74) is 5.34. The van der Waals surface area contributed by atoms with Crippen molar-refractivity contribution in [2.24, 2.45) is 11.7 Å². The van der Waals surface area contributed by atoms with Crippen molar-refractivity contribution in [3.05, 3.63) is 29.3 Å². The molecule has 1 aromatic rings. The molecule has 1 saturated carbocycles. The van der Waals surface area contributed by atoms with Crippen LogP contribution in [0.3, 0.4) is 0 Å². The first-order chi connectivity index (χ1) is 8.02. The van der Waals surface area contributed by atoms with E-state index in [9.17, 15) is 13.6 Å². The van der Waals surface area contributed by atoms with Gasteiger partial charge >= 0.3 is 0 Å². The van der Waals surface area contributed by atoms with Crippen molar-refractivity contribution in [1.82, 2.24) is 0 Å². The number of ketones is 1. The van der Waals surface area contributed by atoms with Gasteiger partial charge in [-0.15, -0.1) is 0 Å². The molecule has 92 valence electrons. The molecule has 0 bridgehead atoms. The van der Waals surface area contributed by atoms with E-state index in [0.29, 0.717) is 12.8 Å². The highest BCUT2D eigenvalue weighted by Gasteiger charge is 2.34. The van der Waals surface area contributed by atoms with Crippen LogP contribution in [0.5, 0.6) is 5.75 Å². The van der Waals surface area contributed by atoms with Gasteiger partial charge in [-0.2, -0.15) is 0 Å². The highest BCUT2D eigenvalue weighted by atomic mass is 19.1. The van der Waals surface area contributed by atoms with Gasteiger partial charge in [0, 0.05) is 18.0 Å². The van der Waals surface area contributed by atoms with Crippen LogP contribution in [-0.4, -0.2) is 18.9 Å². The smallest absolute Gasteiger partial charge is 0.169 e. The van der Waals surface area contributed by atoms with Gasteiger partial charge in [-0.1, -0.05) is 0 Å². The molecule has 1 aromatic carbocycles. The Balaban J connectivity index is 2.26. The fourth-order valence-electron chi connectivity index (χ4n) is 1.97. The molecule has 0 aromatic heterocycles. The normalized spacial score (nSPS) is 23.1. The van der Waals surface area contributed by atoms with E-state index in [1.807, 2.05) is 0 Å². The van der Waals surface area contributed by atoms with Crippen molar-refractivity contribution in [2.45, 2.75) is 18.9 Å². The Bertz CT molecular complexity index is 456. The van der Waals surface area contributed by atoms with E-state index >= 15 is 0 Å². The SMILES string of the molecule is COc1cc(F)c(C(=O)C2CC(N)C2)cc1F. The van der Waals surface area contributed by atoms with Crippen molar-refractivity contribution in [3.63, 3.8) is 0 Å². The minimum Gasteiger partial charge on any atom is -0.494 e. The summed E-state index contributed by atoms with van der Waals surface area (Å²) in [5, 5.41) is 0. The topological polar surface area (TPSA) is 52.3 Å². The number of nitrogens with two attached hydrogens (primary N) is 1. The van der Waals surface area contributed by atoms with Crippen LogP contribution in [0.15, 0.2) is 12.1 Å². The van der Waals surface area contributed by atoms with Crippen LogP contribution in [0.4, 0.5) is 8.78 Å². The van der Waals surface area contributed by atoms with E-state index in [1.165, 1.54) is 7.11 Å². The quantitative estimate of drug-likeness (QED) is 0.822. The fourth-order valence-corrected chi connectivity index (χ4v) is 1.97. The molecule has 2 N–H and O–H groups in total. The number of halogens is 2. The van der Waals surface area contributed by atoms with Crippen LogP contribution in [0.25, 0.3) is 0 Å². The minimum absolute atomic E-state index is 0.00453. The highest BCUT2D eigenvalue weighted by molar-refractivity contribution is 5.98. The molecule has 0 aliphatic heterocycles. The first kappa shape index (κ1) is 12.0. The summed E-state index contributed by atoms with van der Waals surface area (Å²) in [7, 11) is 1.24. The Morgan fingerprint density at radius 3 is 2.53 bits per heavy atom. The van der Waals surface area contributed by atoms with E-state index in [0.717, 1.165) is 12.1 Å². The van der Waals surface area contributed by atoms with Crippen molar-refractivity contribution in [1.29, 1.82) is 0 Å². The van der Waals surface area contributed by atoms with Crippen LogP contribution >= 0.6 is 0 Å². The van der Waals surface area contributed by atoms with Gasteiger partial charge in [0.1, 0.15) is 5.82 Å². The molecule has 0 atom stereocenters. The number of Topliss-reactive ketones (excluding diaryl/α,β-unsaturated/α-hetero) is 1. The lowest BCUT2D eigenvalue weighted by Gasteiger charge is -2.31. The molecule has 0 unspecified atom stereocenters. The molecule has 2 rings (SSSR count). The third-order valence-corrected chi connectivity index (χ3v) is 3.05.